The van der Waals surface area contributed by atoms with Crippen molar-refractivity contribution < 1.29 is 27.4 Å². The van der Waals surface area contributed by atoms with Gasteiger partial charge in [-0.1, -0.05) is 6.58 Å². The molecular formula is C11H21NO6S. The van der Waals surface area contributed by atoms with Crippen LogP contribution in [0.5, 0.6) is 0 Å². The molecule has 0 atom stereocenters. The molecule has 0 spiro atoms. The van der Waals surface area contributed by atoms with Crippen LogP contribution in [0.1, 0.15) is 6.92 Å². The zero-order chi connectivity index (χ0) is 14.7. The lowest BCUT2D eigenvalue weighted by Gasteiger charge is -2.07. The highest BCUT2D eigenvalue weighted by molar-refractivity contribution is 7.88. The first kappa shape index (κ1) is 18.0. The Morgan fingerprint density at radius 2 is 1.63 bits per heavy atom. The summed E-state index contributed by atoms with van der Waals surface area (Å²) in [5.74, 6) is -0.438. The Hall–Kier alpha value is -0.960. The van der Waals surface area contributed by atoms with Gasteiger partial charge in [0.2, 0.25) is 10.0 Å². The minimum Gasteiger partial charge on any atom is -0.460 e. The van der Waals surface area contributed by atoms with E-state index in [0.29, 0.717) is 18.8 Å². The van der Waals surface area contributed by atoms with Crippen molar-refractivity contribution in [3.8, 4) is 0 Å². The molecule has 0 aromatic rings. The third kappa shape index (κ3) is 13.3. The van der Waals surface area contributed by atoms with E-state index in [0.717, 1.165) is 6.26 Å². The van der Waals surface area contributed by atoms with Crippen molar-refractivity contribution in [3.63, 3.8) is 0 Å². The Bertz CT molecular complexity index is 379. The highest BCUT2D eigenvalue weighted by atomic mass is 32.2. The predicted octanol–water partition coefficient (Wildman–Crippen LogP) is -0.312. The molecule has 7 nitrogen and oxygen atoms in total. The summed E-state index contributed by atoms with van der Waals surface area (Å²) in [6.45, 7) is 6.67. The van der Waals surface area contributed by atoms with Crippen molar-refractivity contribution in [2.75, 3.05) is 45.8 Å². The Kier molecular flexibility index (Phi) is 9.40. The zero-order valence-corrected chi connectivity index (χ0v) is 12.1. The summed E-state index contributed by atoms with van der Waals surface area (Å²) >= 11 is 0. The molecule has 0 unspecified atom stereocenters. The van der Waals surface area contributed by atoms with Gasteiger partial charge in [-0.3, -0.25) is 0 Å². The molecule has 0 saturated carbocycles. The number of sulfonamides is 1. The highest BCUT2D eigenvalue weighted by Crippen LogP contribution is 1.91. The van der Waals surface area contributed by atoms with Gasteiger partial charge in [0.15, 0.2) is 0 Å². The van der Waals surface area contributed by atoms with Crippen molar-refractivity contribution in [1.82, 2.24) is 4.72 Å². The quantitative estimate of drug-likeness (QED) is 0.319. The molecule has 0 rings (SSSR count). The fourth-order valence-electron chi connectivity index (χ4n) is 0.938. The molecule has 0 heterocycles. The number of carbonyl (C=O) groups excluding carboxylic acids is 1. The van der Waals surface area contributed by atoms with Crippen LogP contribution in [0.2, 0.25) is 0 Å². The molecule has 0 aliphatic carbocycles. The first-order valence-electron chi connectivity index (χ1n) is 5.75. The summed E-state index contributed by atoms with van der Waals surface area (Å²) in [6.07, 6.45) is 1.09. The average Bonchev–Trinajstić information content (AvgIpc) is 2.29. The Labute approximate surface area is 114 Å². The number of hydrogen-bond acceptors (Lipinski definition) is 6. The van der Waals surface area contributed by atoms with E-state index in [1.807, 2.05) is 0 Å². The van der Waals surface area contributed by atoms with Crippen LogP contribution in [0, 0.1) is 0 Å². The predicted molar refractivity (Wildman–Crippen MR) is 70.3 cm³/mol. The molecule has 0 amide bonds. The summed E-state index contributed by atoms with van der Waals surface area (Å²) in [4.78, 5) is 11.0. The second-order valence-electron chi connectivity index (χ2n) is 3.81. The van der Waals surface area contributed by atoms with Crippen LogP contribution in [-0.4, -0.2) is 60.2 Å². The zero-order valence-electron chi connectivity index (χ0n) is 11.3. The monoisotopic (exact) mass is 295 g/mol. The van der Waals surface area contributed by atoms with Gasteiger partial charge < -0.3 is 14.2 Å². The first-order chi connectivity index (χ1) is 8.83. The normalized spacial score (nSPS) is 11.3. The van der Waals surface area contributed by atoms with Gasteiger partial charge in [0.25, 0.3) is 0 Å². The number of esters is 1. The van der Waals surface area contributed by atoms with E-state index in [2.05, 4.69) is 11.3 Å². The van der Waals surface area contributed by atoms with Crippen LogP contribution in [0.15, 0.2) is 12.2 Å². The molecule has 0 aliphatic heterocycles. The van der Waals surface area contributed by atoms with Gasteiger partial charge in [-0.25, -0.2) is 17.9 Å². The summed E-state index contributed by atoms with van der Waals surface area (Å²) in [7, 11) is -3.16. The lowest BCUT2D eigenvalue weighted by Crippen LogP contribution is -2.26. The van der Waals surface area contributed by atoms with E-state index in [-0.39, 0.29) is 26.4 Å². The number of rotatable bonds is 11. The second-order valence-corrected chi connectivity index (χ2v) is 5.64. The fraction of sp³-hybridized carbons (Fsp3) is 0.727. The van der Waals surface area contributed by atoms with Crippen LogP contribution in [-0.2, 0) is 29.0 Å². The molecule has 0 fully saturated rings. The molecule has 0 radical (unpaired) electrons. The summed E-state index contributed by atoms with van der Waals surface area (Å²) in [6, 6.07) is 0. The van der Waals surface area contributed by atoms with Crippen LogP contribution in [0.25, 0.3) is 0 Å². The SMILES string of the molecule is C=C(C)C(=O)OCCOCCOCCNS(C)(=O)=O. The standard InChI is InChI=1S/C11H21NO6S/c1-10(2)11(13)18-9-8-17-7-6-16-5-4-12-19(3,14)15/h12H,1,4-9H2,2-3H3. The first-order valence-corrected chi connectivity index (χ1v) is 7.65. The summed E-state index contributed by atoms with van der Waals surface area (Å²) < 4.78 is 38.8. The van der Waals surface area contributed by atoms with Crippen molar-refractivity contribution in [3.05, 3.63) is 12.2 Å². The van der Waals surface area contributed by atoms with Gasteiger partial charge >= 0.3 is 5.97 Å². The highest BCUT2D eigenvalue weighted by Gasteiger charge is 2.02. The smallest absolute Gasteiger partial charge is 0.333 e. The van der Waals surface area contributed by atoms with Crippen molar-refractivity contribution in [2.45, 2.75) is 6.92 Å². The maximum absolute atomic E-state index is 11.0. The summed E-state index contributed by atoms with van der Waals surface area (Å²) in [5, 5.41) is 0. The lowest BCUT2D eigenvalue weighted by atomic mass is 10.4. The Balaban J connectivity index is 3.24. The van der Waals surface area contributed by atoms with Crippen molar-refractivity contribution in [2.24, 2.45) is 0 Å². The number of carbonyl (C=O) groups is 1. The molecule has 19 heavy (non-hydrogen) atoms. The largest absolute Gasteiger partial charge is 0.460 e. The Morgan fingerprint density at radius 1 is 1.11 bits per heavy atom. The molecule has 0 aromatic heterocycles. The van der Waals surface area contributed by atoms with Crippen molar-refractivity contribution >= 4 is 16.0 Å². The average molecular weight is 295 g/mol. The summed E-state index contributed by atoms with van der Waals surface area (Å²) in [5.41, 5.74) is 0.349. The van der Waals surface area contributed by atoms with Crippen molar-refractivity contribution in [1.29, 1.82) is 0 Å². The van der Waals surface area contributed by atoms with E-state index in [1.54, 1.807) is 6.92 Å². The van der Waals surface area contributed by atoms with E-state index in [9.17, 15) is 13.2 Å². The third-order valence-electron chi connectivity index (χ3n) is 1.79. The molecule has 0 aliphatic rings. The molecule has 0 saturated heterocycles. The molecule has 112 valence electrons. The van der Waals surface area contributed by atoms with E-state index < -0.39 is 16.0 Å². The van der Waals surface area contributed by atoms with Gasteiger partial charge in [0.05, 0.1) is 32.7 Å². The van der Waals surface area contributed by atoms with Gasteiger partial charge in [-0.2, -0.15) is 0 Å². The maximum atomic E-state index is 11.0. The minimum atomic E-state index is -3.16. The van der Waals surface area contributed by atoms with Crippen LogP contribution < -0.4 is 4.72 Å². The molecular weight excluding hydrogens is 274 g/mol. The minimum absolute atomic E-state index is 0.168. The third-order valence-corrected chi connectivity index (χ3v) is 2.52. The number of hydrogen-bond donors (Lipinski definition) is 1. The molecule has 1 N–H and O–H groups in total. The van der Waals surface area contributed by atoms with E-state index >= 15 is 0 Å². The molecule has 0 aromatic carbocycles. The number of ether oxygens (including phenoxy) is 3. The van der Waals surface area contributed by atoms with Crippen LogP contribution in [0.3, 0.4) is 0 Å². The molecule has 8 heteroatoms. The maximum Gasteiger partial charge on any atom is 0.333 e. The van der Waals surface area contributed by atoms with E-state index in [1.165, 1.54) is 0 Å². The van der Waals surface area contributed by atoms with Crippen LogP contribution >= 0.6 is 0 Å². The van der Waals surface area contributed by atoms with Gasteiger partial charge in [-0.05, 0) is 6.92 Å². The Morgan fingerprint density at radius 3 is 2.16 bits per heavy atom. The molecule has 0 bridgehead atoms. The number of nitrogens with one attached hydrogen (secondary N) is 1. The van der Waals surface area contributed by atoms with Gasteiger partial charge in [0, 0.05) is 12.1 Å². The van der Waals surface area contributed by atoms with Gasteiger partial charge in [0.1, 0.15) is 6.61 Å². The van der Waals surface area contributed by atoms with E-state index in [4.69, 9.17) is 14.2 Å². The van der Waals surface area contributed by atoms with Gasteiger partial charge in [-0.15, -0.1) is 0 Å². The fourth-order valence-corrected chi connectivity index (χ4v) is 1.39. The second kappa shape index (κ2) is 9.90. The lowest BCUT2D eigenvalue weighted by molar-refractivity contribution is -0.140. The van der Waals surface area contributed by atoms with Crippen LogP contribution in [0.4, 0.5) is 0 Å². The topological polar surface area (TPSA) is 90.9 Å².